The van der Waals surface area contributed by atoms with Gasteiger partial charge >= 0.3 is 0 Å². The highest BCUT2D eigenvalue weighted by Crippen LogP contribution is 2.30. The van der Waals surface area contributed by atoms with E-state index in [9.17, 15) is 4.39 Å². The molecule has 0 aromatic heterocycles. The molecule has 0 spiro atoms. The molecule has 1 atom stereocenters. The van der Waals surface area contributed by atoms with Crippen LogP contribution in [-0.2, 0) is 18.0 Å². The fourth-order valence-electron chi connectivity index (χ4n) is 2.72. The lowest BCUT2D eigenvalue weighted by Gasteiger charge is -2.20. The van der Waals surface area contributed by atoms with Crippen LogP contribution in [0.5, 0.6) is 0 Å². The predicted molar refractivity (Wildman–Crippen MR) is 84.6 cm³/mol. The molecule has 1 aliphatic heterocycles. The highest BCUT2D eigenvalue weighted by molar-refractivity contribution is 9.10. The zero-order valence-corrected chi connectivity index (χ0v) is 13.4. The van der Waals surface area contributed by atoms with Crippen molar-refractivity contribution in [3.05, 3.63) is 68.9 Å². The van der Waals surface area contributed by atoms with Crippen LogP contribution < -0.4 is 5.32 Å². The van der Waals surface area contributed by atoms with Crippen molar-refractivity contribution in [2.45, 2.75) is 26.2 Å². The Labute approximate surface area is 132 Å². The Hall–Kier alpha value is -1.23. The molecule has 1 heterocycles. The quantitative estimate of drug-likeness (QED) is 0.887. The number of nitrogens with one attached hydrogen (secondary N) is 1. The second kappa shape index (κ2) is 6.26. The Balaban J connectivity index is 2.03. The van der Waals surface area contributed by atoms with E-state index in [1.165, 1.54) is 17.2 Å². The molecule has 1 unspecified atom stereocenters. The fourth-order valence-corrected chi connectivity index (χ4v) is 3.10. The van der Waals surface area contributed by atoms with Gasteiger partial charge < -0.3 is 10.1 Å². The van der Waals surface area contributed by atoms with Crippen LogP contribution in [-0.4, -0.2) is 6.54 Å². The van der Waals surface area contributed by atoms with E-state index in [-0.39, 0.29) is 11.9 Å². The van der Waals surface area contributed by atoms with Crippen molar-refractivity contribution in [2.75, 3.05) is 6.54 Å². The second-order valence-corrected chi connectivity index (χ2v) is 6.09. The third-order valence-electron chi connectivity index (χ3n) is 3.76. The Bertz CT molecular complexity index is 659. The lowest BCUT2D eigenvalue weighted by atomic mass is 9.95. The fraction of sp³-hybridized carbons (Fsp3) is 0.294. The summed E-state index contributed by atoms with van der Waals surface area (Å²) in [5.41, 5.74) is 4.15. The summed E-state index contributed by atoms with van der Waals surface area (Å²) in [6.07, 6.45) is 0. The molecule has 2 nitrogen and oxygen atoms in total. The van der Waals surface area contributed by atoms with Crippen molar-refractivity contribution in [1.82, 2.24) is 5.32 Å². The molecule has 0 radical (unpaired) electrons. The molecule has 0 saturated heterocycles. The first-order chi connectivity index (χ1) is 10.2. The predicted octanol–water partition coefficient (Wildman–Crippen LogP) is 4.32. The molecule has 1 aliphatic rings. The maximum atomic E-state index is 14.2. The van der Waals surface area contributed by atoms with Crippen LogP contribution in [0.1, 0.15) is 35.2 Å². The summed E-state index contributed by atoms with van der Waals surface area (Å²) in [6.45, 7) is 4.11. The first kappa shape index (κ1) is 14.7. The van der Waals surface area contributed by atoms with Gasteiger partial charge in [-0.1, -0.05) is 41.1 Å². The second-order valence-electron chi connectivity index (χ2n) is 5.18. The standard InChI is InChI=1S/C17H17BrFNO/c1-2-20-17(15-8-14(18)5-6-16(15)19)11-3-4-12-9-21-10-13(12)7-11/h3-8,17,20H,2,9-10H2,1H3. The largest absolute Gasteiger partial charge is 0.372 e. The Morgan fingerprint density at radius 1 is 1.19 bits per heavy atom. The average molecular weight is 350 g/mol. The van der Waals surface area contributed by atoms with Crippen molar-refractivity contribution >= 4 is 15.9 Å². The number of halogens is 2. The molecule has 0 amide bonds. The number of fused-ring (bicyclic) bond motifs is 1. The van der Waals surface area contributed by atoms with Gasteiger partial charge in [0.1, 0.15) is 5.82 Å². The summed E-state index contributed by atoms with van der Waals surface area (Å²) in [4.78, 5) is 0. The lowest BCUT2D eigenvalue weighted by molar-refractivity contribution is 0.134. The molecular weight excluding hydrogens is 333 g/mol. The summed E-state index contributed by atoms with van der Waals surface area (Å²) in [7, 11) is 0. The summed E-state index contributed by atoms with van der Waals surface area (Å²) >= 11 is 3.42. The van der Waals surface area contributed by atoms with E-state index in [1.807, 2.05) is 13.0 Å². The number of hydrogen-bond donors (Lipinski definition) is 1. The Morgan fingerprint density at radius 2 is 2.00 bits per heavy atom. The minimum absolute atomic E-state index is 0.154. The molecule has 110 valence electrons. The smallest absolute Gasteiger partial charge is 0.128 e. The molecule has 2 aromatic carbocycles. The lowest BCUT2D eigenvalue weighted by Crippen LogP contribution is -2.23. The first-order valence-electron chi connectivity index (χ1n) is 7.07. The van der Waals surface area contributed by atoms with Crippen molar-refractivity contribution in [1.29, 1.82) is 0 Å². The van der Waals surface area contributed by atoms with Crippen molar-refractivity contribution in [2.24, 2.45) is 0 Å². The van der Waals surface area contributed by atoms with Gasteiger partial charge in [0.2, 0.25) is 0 Å². The van der Waals surface area contributed by atoms with E-state index in [4.69, 9.17) is 4.74 Å². The van der Waals surface area contributed by atoms with Gasteiger partial charge in [0.05, 0.1) is 19.3 Å². The monoisotopic (exact) mass is 349 g/mol. The van der Waals surface area contributed by atoms with E-state index in [0.29, 0.717) is 18.8 Å². The van der Waals surface area contributed by atoms with Crippen LogP contribution in [0.25, 0.3) is 0 Å². The Kier molecular flexibility index (Phi) is 4.38. The van der Waals surface area contributed by atoms with Crippen LogP contribution in [0.2, 0.25) is 0 Å². The summed E-state index contributed by atoms with van der Waals surface area (Å²) in [5, 5.41) is 3.37. The molecule has 0 saturated carbocycles. The molecular formula is C17H17BrFNO. The first-order valence-corrected chi connectivity index (χ1v) is 7.86. The molecule has 3 rings (SSSR count). The molecule has 2 aromatic rings. The zero-order valence-electron chi connectivity index (χ0n) is 11.8. The summed E-state index contributed by atoms with van der Waals surface area (Å²) in [6, 6.07) is 11.2. The van der Waals surface area contributed by atoms with Gasteiger partial charge in [-0.2, -0.15) is 0 Å². The number of hydrogen-bond acceptors (Lipinski definition) is 2. The van der Waals surface area contributed by atoms with Gasteiger partial charge in [-0.25, -0.2) is 4.39 Å². The topological polar surface area (TPSA) is 21.3 Å². The van der Waals surface area contributed by atoms with Crippen molar-refractivity contribution < 1.29 is 9.13 Å². The van der Waals surface area contributed by atoms with Crippen LogP contribution in [0.4, 0.5) is 4.39 Å². The van der Waals surface area contributed by atoms with Gasteiger partial charge in [-0.15, -0.1) is 0 Å². The highest BCUT2D eigenvalue weighted by atomic mass is 79.9. The summed E-state index contributed by atoms with van der Waals surface area (Å²) in [5.74, 6) is -0.194. The average Bonchev–Trinajstić information content (AvgIpc) is 2.95. The van der Waals surface area contributed by atoms with Gasteiger partial charge in [0, 0.05) is 10.0 Å². The number of ether oxygens (including phenoxy) is 1. The maximum Gasteiger partial charge on any atom is 0.128 e. The van der Waals surface area contributed by atoms with Crippen molar-refractivity contribution in [3.8, 4) is 0 Å². The van der Waals surface area contributed by atoms with E-state index in [1.54, 1.807) is 6.07 Å². The zero-order chi connectivity index (χ0) is 14.8. The third kappa shape index (κ3) is 3.03. The molecule has 0 fully saturated rings. The van der Waals surface area contributed by atoms with Crippen LogP contribution >= 0.6 is 15.9 Å². The SMILES string of the molecule is CCNC(c1ccc2c(c1)COC2)c1cc(Br)ccc1F. The molecule has 0 bridgehead atoms. The van der Waals surface area contributed by atoms with E-state index in [0.717, 1.165) is 16.6 Å². The van der Waals surface area contributed by atoms with Crippen LogP contribution in [0.15, 0.2) is 40.9 Å². The summed E-state index contributed by atoms with van der Waals surface area (Å²) < 4.78 is 20.6. The molecule has 21 heavy (non-hydrogen) atoms. The maximum absolute atomic E-state index is 14.2. The molecule has 1 N–H and O–H groups in total. The number of benzene rings is 2. The van der Waals surface area contributed by atoms with Gasteiger partial charge in [-0.05, 0) is 41.4 Å². The van der Waals surface area contributed by atoms with E-state index in [2.05, 4.69) is 39.4 Å². The van der Waals surface area contributed by atoms with Crippen molar-refractivity contribution in [3.63, 3.8) is 0 Å². The minimum atomic E-state index is -0.194. The van der Waals surface area contributed by atoms with Crippen LogP contribution in [0.3, 0.4) is 0 Å². The molecule has 4 heteroatoms. The van der Waals surface area contributed by atoms with E-state index < -0.39 is 0 Å². The molecule has 0 aliphatic carbocycles. The Morgan fingerprint density at radius 3 is 2.81 bits per heavy atom. The normalized spacial score (nSPS) is 15.0. The third-order valence-corrected chi connectivity index (χ3v) is 4.25. The highest BCUT2D eigenvalue weighted by Gasteiger charge is 2.20. The van der Waals surface area contributed by atoms with Crippen LogP contribution in [0, 0.1) is 5.82 Å². The van der Waals surface area contributed by atoms with Gasteiger partial charge in [-0.3, -0.25) is 0 Å². The number of rotatable bonds is 4. The van der Waals surface area contributed by atoms with Gasteiger partial charge in [0.25, 0.3) is 0 Å². The minimum Gasteiger partial charge on any atom is -0.372 e. The van der Waals surface area contributed by atoms with Gasteiger partial charge in [0.15, 0.2) is 0 Å². The van der Waals surface area contributed by atoms with E-state index >= 15 is 0 Å².